The zero-order chi connectivity index (χ0) is 9.28. The maximum absolute atomic E-state index is 10.4. The lowest BCUT2D eigenvalue weighted by molar-refractivity contribution is -0.123. The van der Waals surface area contributed by atoms with Crippen molar-refractivity contribution in [1.29, 1.82) is 0 Å². The molecule has 0 aliphatic rings. The number of hydrogen-bond donors (Lipinski definition) is 2. The third kappa shape index (κ3) is 17.7. The Balaban J connectivity index is 0. The van der Waals surface area contributed by atoms with Crippen molar-refractivity contribution in [1.82, 2.24) is 5.32 Å². The first-order chi connectivity index (χ1) is 5.08. The molecule has 0 saturated heterocycles. The first-order valence-electron chi connectivity index (χ1n) is 3.09. The molecule has 1 amide bonds. The van der Waals surface area contributed by atoms with Crippen LogP contribution in [0, 0.1) is 0 Å². The molecule has 0 atom stereocenters. The minimum absolute atomic E-state index is 0.111. The van der Waals surface area contributed by atoms with Gasteiger partial charge in [-0.05, 0) is 19.9 Å². The molecule has 4 nitrogen and oxygen atoms in total. The molecule has 0 aliphatic carbocycles. The molecule has 0 aromatic heterocycles. The fourth-order valence-corrected chi connectivity index (χ4v) is 0.343. The molecule has 0 spiro atoms. The van der Waals surface area contributed by atoms with Gasteiger partial charge in [-0.3, -0.25) is 9.59 Å². The van der Waals surface area contributed by atoms with Crippen LogP contribution in [0.15, 0.2) is 12.7 Å². The SMILES string of the molecule is C=CC(=O)NC(C)C.O=CO. The third-order valence-electron chi connectivity index (χ3n) is 0.616. The Kier molecular flexibility index (Phi) is 9.76. The van der Waals surface area contributed by atoms with Crippen molar-refractivity contribution in [2.45, 2.75) is 19.9 Å². The fraction of sp³-hybridized carbons (Fsp3) is 0.429. The molecule has 0 saturated carbocycles. The van der Waals surface area contributed by atoms with Crippen molar-refractivity contribution in [2.75, 3.05) is 0 Å². The Morgan fingerprint density at radius 2 is 2.00 bits per heavy atom. The molecule has 11 heavy (non-hydrogen) atoms. The maximum atomic E-state index is 10.4. The lowest BCUT2D eigenvalue weighted by Gasteiger charge is -2.02. The van der Waals surface area contributed by atoms with Crippen LogP contribution in [0.25, 0.3) is 0 Å². The molecule has 0 fully saturated rings. The van der Waals surface area contributed by atoms with Gasteiger partial charge in [0.15, 0.2) is 0 Å². The van der Waals surface area contributed by atoms with Crippen LogP contribution in [0.3, 0.4) is 0 Å². The van der Waals surface area contributed by atoms with Crippen LogP contribution in [0.4, 0.5) is 0 Å². The molecule has 0 radical (unpaired) electrons. The van der Waals surface area contributed by atoms with Crippen molar-refractivity contribution >= 4 is 12.4 Å². The topological polar surface area (TPSA) is 66.4 Å². The highest BCUT2D eigenvalue weighted by atomic mass is 16.3. The summed E-state index contributed by atoms with van der Waals surface area (Å²) in [5.41, 5.74) is 0. The van der Waals surface area contributed by atoms with Crippen LogP contribution in [-0.4, -0.2) is 23.5 Å². The molecule has 0 aromatic rings. The van der Waals surface area contributed by atoms with Gasteiger partial charge in [0.25, 0.3) is 6.47 Å². The van der Waals surface area contributed by atoms with E-state index in [-0.39, 0.29) is 18.4 Å². The Hall–Kier alpha value is -1.32. The van der Waals surface area contributed by atoms with E-state index in [0.29, 0.717) is 0 Å². The van der Waals surface area contributed by atoms with Gasteiger partial charge in [-0.15, -0.1) is 0 Å². The molecular weight excluding hydrogens is 146 g/mol. The third-order valence-corrected chi connectivity index (χ3v) is 0.616. The van der Waals surface area contributed by atoms with Crippen LogP contribution in [0.2, 0.25) is 0 Å². The van der Waals surface area contributed by atoms with Crippen molar-refractivity contribution in [3.05, 3.63) is 12.7 Å². The summed E-state index contributed by atoms with van der Waals surface area (Å²) in [4.78, 5) is 18.8. The van der Waals surface area contributed by atoms with E-state index < -0.39 is 0 Å². The predicted molar refractivity (Wildman–Crippen MR) is 42.2 cm³/mol. The summed E-state index contributed by atoms with van der Waals surface area (Å²) < 4.78 is 0. The summed E-state index contributed by atoms with van der Waals surface area (Å²) in [6, 6.07) is 0.209. The molecule has 0 unspecified atom stereocenters. The van der Waals surface area contributed by atoms with E-state index in [9.17, 15) is 4.79 Å². The van der Waals surface area contributed by atoms with Crippen LogP contribution < -0.4 is 5.32 Å². The Morgan fingerprint density at radius 3 is 2.09 bits per heavy atom. The predicted octanol–water partition coefficient (Wildman–Crippen LogP) is 0.398. The average Bonchev–Trinajstić information content (AvgIpc) is 1.88. The Labute approximate surface area is 65.9 Å². The Bertz CT molecular complexity index is 132. The smallest absolute Gasteiger partial charge is 0.290 e. The van der Waals surface area contributed by atoms with E-state index in [4.69, 9.17) is 9.90 Å². The number of carboxylic acid groups (broad SMARTS) is 1. The van der Waals surface area contributed by atoms with Gasteiger partial charge in [0.05, 0.1) is 0 Å². The Morgan fingerprint density at radius 1 is 1.64 bits per heavy atom. The number of nitrogens with one attached hydrogen (secondary N) is 1. The molecule has 4 heteroatoms. The minimum Gasteiger partial charge on any atom is -0.483 e. The van der Waals surface area contributed by atoms with Crippen LogP contribution >= 0.6 is 0 Å². The van der Waals surface area contributed by atoms with Gasteiger partial charge >= 0.3 is 0 Å². The largest absolute Gasteiger partial charge is 0.483 e. The summed E-state index contributed by atoms with van der Waals surface area (Å²) in [5, 5.41) is 9.52. The quantitative estimate of drug-likeness (QED) is 0.452. The normalized spacial score (nSPS) is 7.55. The number of carbonyl (C=O) groups excluding carboxylic acids is 1. The van der Waals surface area contributed by atoms with E-state index in [1.807, 2.05) is 13.8 Å². The van der Waals surface area contributed by atoms with Gasteiger partial charge in [-0.1, -0.05) is 6.58 Å². The van der Waals surface area contributed by atoms with Crippen LogP contribution in [0.5, 0.6) is 0 Å². The van der Waals surface area contributed by atoms with Crippen molar-refractivity contribution < 1.29 is 14.7 Å². The second-order valence-electron chi connectivity index (χ2n) is 1.97. The van der Waals surface area contributed by atoms with Gasteiger partial charge in [-0.2, -0.15) is 0 Å². The van der Waals surface area contributed by atoms with Crippen molar-refractivity contribution in [3.8, 4) is 0 Å². The lowest BCUT2D eigenvalue weighted by atomic mass is 10.4. The van der Waals surface area contributed by atoms with E-state index >= 15 is 0 Å². The molecule has 0 bridgehead atoms. The first-order valence-corrected chi connectivity index (χ1v) is 3.09. The van der Waals surface area contributed by atoms with Crippen molar-refractivity contribution in [2.24, 2.45) is 0 Å². The molecule has 0 rings (SSSR count). The average molecular weight is 159 g/mol. The zero-order valence-electron chi connectivity index (χ0n) is 6.70. The second kappa shape index (κ2) is 8.68. The van der Waals surface area contributed by atoms with Gasteiger partial charge in [0.2, 0.25) is 5.91 Å². The van der Waals surface area contributed by atoms with Crippen LogP contribution in [0.1, 0.15) is 13.8 Å². The molecular formula is C7H13NO3. The highest BCUT2D eigenvalue weighted by molar-refractivity contribution is 5.86. The lowest BCUT2D eigenvalue weighted by Crippen LogP contribution is -2.27. The number of rotatable bonds is 2. The summed E-state index contributed by atoms with van der Waals surface area (Å²) in [6.07, 6.45) is 1.26. The maximum Gasteiger partial charge on any atom is 0.290 e. The van der Waals surface area contributed by atoms with Crippen LogP contribution in [-0.2, 0) is 9.59 Å². The molecule has 0 heterocycles. The van der Waals surface area contributed by atoms with Crippen molar-refractivity contribution in [3.63, 3.8) is 0 Å². The summed E-state index contributed by atoms with van der Waals surface area (Å²) in [6.45, 7) is 6.86. The van der Waals surface area contributed by atoms with Gasteiger partial charge in [0, 0.05) is 6.04 Å². The summed E-state index contributed by atoms with van der Waals surface area (Å²) >= 11 is 0. The number of hydrogen-bond acceptors (Lipinski definition) is 2. The summed E-state index contributed by atoms with van der Waals surface area (Å²) in [5.74, 6) is -0.111. The standard InChI is InChI=1S/C6H11NO.CH2O2/c1-4-6(8)7-5(2)3;2-1-3/h4-5H,1H2,2-3H3,(H,7,8);1H,(H,2,3). The first kappa shape index (κ1) is 12.4. The molecule has 2 N–H and O–H groups in total. The molecule has 0 aromatic carbocycles. The molecule has 64 valence electrons. The van der Waals surface area contributed by atoms with Gasteiger partial charge < -0.3 is 10.4 Å². The molecule has 0 aliphatic heterocycles. The highest BCUT2D eigenvalue weighted by Crippen LogP contribution is 1.75. The van der Waals surface area contributed by atoms with Gasteiger partial charge in [0.1, 0.15) is 0 Å². The monoisotopic (exact) mass is 159 g/mol. The van der Waals surface area contributed by atoms with Gasteiger partial charge in [-0.25, -0.2) is 0 Å². The van der Waals surface area contributed by atoms with E-state index in [1.54, 1.807) is 0 Å². The number of carbonyl (C=O) groups is 2. The minimum atomic E-state index is -0.250. The zero-order valence-corrected chi connectivity index (χ0v) is 6.70. The van der Waals surface area contributed by atoms with E-state index in [2.05, 4.69) is 11.9 Å². The van der Waals surface area contributed by atoms with E-state index in [0.717, 1.165) is 0 Å². The number of amides is 1. The highest BCUT2D eigenvalue weighted by Gasteiger charge is 1.93. The van der Waals surface area contributed by atoms with E-state index in [1.165, 1.54) is 6.08 Å². The second-order valence-corrected chi connectivity index (χ2v) is 1.97. The summed E-state index contributed by atoms with van der Waals surface area (Å²) in [7, 11) is 0. The fourth-order valence-electron chi connectivity index (χ4n) is 0.343.